The monoisotopic (exact) mass is 399 g/mol. The van der Waals surface area contributed by atoms with Gasteiger partial charge in [-0.2, -0.15) is 0 Å². The zero-order valence-corrected chi connectivity index (χ0v) is 17.6. The van der Waals surface area contributed by atoms with Gasteiger partial charge in [-0.25, -0.2) is 0 Å². The summed E-state index contributed by atoms with van der Waals surface area (Å²) in [6, 6.07) is 7.79. The van der Waals surface area contributed by atoms with Gasteiger partial charge in [0.05, 0.1) is 0 Å². The maximum absolute atomic E-state index is 11.3. The van der Waals surface area contributed by atoms with Crippen molar-refractivity contribution in [3.63, 3.8) is 0 Å². The molecule has 2 aliphatic rings. The molecule has 0 radical (unpaired) electrons. The third-order valence-corrected chi connectivity index (χ3v) is 7.11. The molecular formula is C21H29N5OS. The van der Waals surface area contributed by atoms with Crippen LogP contribution in [0.25, 0.3) is 10.6 Å². The molecule has 2 fully saturated rings. The Morgan fingerprint density at radius 1 is 1.11 bits per heavy atom. The Hall–Kier alpha value is -1.99. The molecule has 6 nitrogen and oxygen atoms in total. The minimum Gasteiger partial charge on any atom is -0.347 e. The number of amides is 1. The molecule has 0 unspecified atom stereocenters. The van der Waals surface area contributed by atoms with Crippen LogP contribution in [-0.4, -0.2) is 52.7 Å². The fourth-order valence-corrected chi connectivity index (χ4v) is 5.22. The van der Waals surface area contributed by atoms with Gasteiger partial charge in [-0.15, -0.1) is 10.2 Å². The molecule has 3 heterocycles. The molecule has 1 aromatic carbocycles. The van der Waals surface area contributed by atoms with Crippen molar-refractivity contribution in [3.8, 4) is 10.6 Å². The Kier molecular flexibility index (Phi) is 5.64. The predicted octanol–water partition coefficient (Wildman–Crippen LogP) is 4.01. The summed E-state index contributed by atoms with van der Waals surface area (Å²) in [6.45, 7) is 8.54. The van der Waals surface area contributed by atoms with Crippen molar-refractivity contribution in [1.29, 1.82) is 0 Å². The van der Waals surface area contributed by atoms with Crippen LogP contribution < -0.4 is 10.2 Å². The summed E-state index contributed by atoms with van der Waals surface area (Å²) in [4.78, 5) is 16.4. The van der Waals surface area contributed by atoms with E-state index in [1.54, 1.807) is 11.3 Å². The number of piperidine rings is 2. The number of carbonyl (C=O) groups is 1. The van der Waals surface area contributed by atoms with Crippen LogP contribution in [0.5, 0.6) is 0 Å². The van der Waals surface area contributed by atoms with Crippen molar-refractivity contribution in [3.05, 3.63) is 24.3 Å². The summed E-state index contributed by atoms with van der Waals surface area (Å²) in [7, 11) is 0. The van der Waals surface area contributed by atoms with Crippen LogP contribution in [0.1, 0.15) is 46.0 Å². The Bertz CT molecular complexity index is 822. The normalized spacial score (nSPS) is 20.1. The smallest absolute Gasteiger partial charge is 0.221 e. The number of benzene rings is 1. The summed E-state index contributed by atoms with van der Waals surface area (Å²) in [5.41, 5.74) is 2.11. The van der Waals surface area contributed by atoms with Gasteiger partial charge >= 0.3 is 0 Å². The average Bonchev–Trinajstić information content (AvgIpc) is 3.19. The fourth-order valence-electron chi connectivity index (χ4n) is 4.32. The third-order valence-electron chi connectivity index (χ3n) is 6.07. The molecule has 0 aliphatic carbocycles. The number of nitrogens with one attached hydrogen (secondary N) is 1. The minimum absolute atomic E-state index is 0.0693. The van der Waals surface area contributed by atoms with Crippen molar-refractivity contribution in [2.45, 2.75) is 51.5 Å². The molecule has 0 saturated carbocycles. The number of nitrogens with zero attached hydrogens (tertiary/aromatic N) is 4. The lowest BCUT2D eigenvalue weighted by molar-refractivity contribution is -0.114. The van der Waals surface area contributed by atoms with Gasteiger partial charge < -0.3 is 10.2 Å². The number of anilines is 2. The molecule has 150 valence electrons. The van der Waals surface area contributed by atoms with E-state index in [-0.39, 0.29) is 5.91 Å². The van der Waals surface area contributed by atoms with E-state index in [0.29, 0.717) is 5.54 Å². The maximum Gasteiger partial charge on any atom is 0.221 e. The standard InChI is InChI=1S/C21H29N5OS/c1-16(27)22-18-8-6-7-17(15-18)19-23-24-20(28-19)25-13-9-21(2,10-14-25)26-11-4-3-5-12-26/h6-8,15H,3-5,9-14H2,1-2H3,(H,22,27). The second-order valence-electron chi connectivity index (χ2n) is 8.18. The lowest BCUT2D eigenvalue weighted by Crippen LogP contribution is -2.55. The molecule has 4 rings (SSSR count). The van der Waals surface area contributed by atoms with E-state index in [2.05, 4.69) is 32.2 Å². The SMILES string of the molecule is CC(=O)Nc1cccc(-c2nnc(N3CCC(C)(N4CCCCC4)CC3)s2)c1. The lowest BCUT2D eigenvalue weighted by Gasteiger charge is -2.48. The number of hydrogen-bond donors (Lipinski definition) is 1. The van der Waals surface area contributed by atoms with E-state index >= 15 is 0 Å². The molecule has 28 heavy (non-hydrogen) atoms. The van der Waals surface area contributed by atoms with Gasteiger partial charge in [0.1, 0.15) is 5.01 Å². The Morgan fingerprint density at radius 3 is 2.57 bits per heavy atom. The third kappa shape index (κ3) is 4.20. The number of hydrogen-bond acceptors (Lipinski definition) is 6. The summed E-state index contributed by atoms with van der Waals surface area (Å²) < 4.78 is 0. The fraction of sp³-hybridized carbons (Fsp3) is 0.571. The van der Waals surface area contributed by atoms with E-state index in [1.807, 2.05) is 24.3 Å². The quantitative estimate of drug-likeness (QED) is 0.842. The van der Waals surface area contributed by atoms with Gasteiger partial charge in [-0.3, -0.25) is 9.69 Å². The van der Waals surface area contributed by atoms with Crippen LogP contribution in [-0.2, 0) is 4.79 Å². The van der Waals surface area contributed by atoms with Gasteiger partial charge in [0.25, 0.3) is 0 Å². The second-order valence-corrected chi connectivity index (χ2v) is 9.14. The minimum atomic E-state index is -0.0693. The van der Waals surface area contributed by atoms with E-state index in [0.717, 1.165) is 34.5 Å². The molecule has 1 aromatic heterocycles. The summed E-state index contributed by atoms with van der Waals surface area (Å²) >= 11 is 1.63. The number of rotatable bonds is 4. The molecular weight excluding hydrogens is 370 g/mol. The first-order chi connectivity index (χ1) is 13.5. The van der Waals surface area contributed by atoms with Gasteiger partial charge in [0, 0.05) is 36.8 Å². The van der Waals surface area contributed by atoms with Crippen molar-refractivity contribution in [2.75, 3.05) is 36.4 Å². The maximum atomic E-state index is 11.3. The van der Waals surface area contributed by atoms with Crippen LogP contribution in [0, 0.1) is 0 Å². The van der Waals surface area contributed by atoms with Crippen molar-refractivity contribution < 1.29 is 4.79 Å². The van der Waals surface area contributed by atoms with Crippen molar-refractivity contribution in [2.24, 2.45) is 0 Å². The van der Waals surface area contributed by atoms with Crippen LogP contribution >= 0.6 is 11.3 Å². The first kappa shape index (κ1) is 19.3. The van der Waals surface area contributed by atoms with Gasteiger partial charge in [0.2, 0.25) is 11.0 Å². The zero-order chi connectivity index (χ0) is 19.6. The summed E-state index contributed by atoms with van der Waals surface area (Å²) in [6.07, 6.45) is 6.43. The number of likely N-dealkylation sites (tertiary alicyclic amines) is 1. The largest absolute Gasteiger partial charge is 0.347 e. The van der Waals surface area contributed by atoms with Crippen molar-refractivity contribution >= 4 is 28.1 Å². The van der Waals surface area contributed by atoms with Gasteiger partial charge in [-0.05, 0) is 57.8 Å². The Labute approximate surface area is 171 Å². The Balaban J connectivity index is 1.42. The predicted molar refractivity (Wildman–Crippen MR) is 115 cm³/mol. The Morgan fingerprint density at radius 2 is 1.86 bits per heavy atom. The van der Waals surface area contributed by atoms with E-state index in [9.17, 15) is 4.79 Å². The highest BCUT2D eigenvalue weighted by molar-refractivity contribution is 7.18. The van der Waals surface area contributed by atoms with E-state index in [1.165, 1.54) is 52.1 Å². The molecule has 0 bridgehead atoms. The highest BCUT2D eigenvalue weighted by Gasteiger charge is 2.36. The molecule has 7 heteroatoms. The zero-order valence-electron chi connectivity index (χ0n) is 16.8. The van der Waals surface area contributed by atoms with E-state index in [4.69, 9.17) is 0 Å². The molecule has 1 amide bonds. The van der Waals surface area contributed by atoms with Gasteiger partial charge in [0.15, 0.2) is 0 Å². The van der Waals surface area contributed by atoms with Crippen LogP contribution in [0.3, 0.4) is 0 Å². The number of aromatic nitrogens is 2. The van der Waals surface area contributed by atoms with Crippen LogP contribution in [0.4, 0.5) is 10.8 Å². The summed E-state index contributed by atoms with van der Waals surface area (Å²) in [5, 5.41) is 13.6. The van der Waals surface area contributed by atoms with Crippen LogP contribution in [0.15, 0.2) is 24.3 Å². The average molecular weight is 400 g/mol. The highest BCUT2D eigenvalue weighted by Crippen LogP contribution is 2.35. The topological polar surface area (TPSA) is 61.4 Å². The molecule has 2 aliphatic heterocycles. The molecule has 0 atom stereocenters. The molecule has 2 saturated heterocycles. The first-order valence-corrected chi connectivity index (χ1v) is 11.1. The lowest BCUT2D eigenvalue weighted by atomic mass is 9.86. The van der Waals surface area contributed by atoms with E-state index < -0.39 is 0 Å². The second kappa shape index (κ2) is 8.17. The van der Waals surface area contributed by atoms with Gasteiger partial charge in [-0.1, -0.05) is 29.9 Å². The molecule has 2 aromatic rings. The van der Waals surface area contributed by atoms with Crippen molar-refractivity contribution in [1.82, 2.24) is 15.1 Å². The molecule has 1 N–H and O–H groups in total. The van der Waals surface area contributed by atoms with Crippen LogP contribution in [0.2, 0.25) is 0 Å². The highest BCUT2D eigenvalue weighted by atomic mass is 32.1. The number of carbonyl (C=O) groups excluding carboxylic acids is 1. The first-order valence-electron chi connectivity index (χ1n) is 10.3. The summed E-state index contributed by atoms with van der Waals surface area (Å²) in [5.74, 6) is -0.0693. The molecule has 0 spiro atoms.